The van der Waals surface area contributed by atoms with Gasteiger partial charge in [0.1, 0.15) is 0 Å². The van der Waals surface area contributed by atoms with Gasteiger partial charge >= 0.3 is 54.1 Å². The molecule has 2 amide bonds. The summed E-state index contributed by atoms with van der Waals surface area (Å²) in [5.41, 5.74) is 8.68. The van der Waals surface area contributed by atoms with E-state index in [9.17, 15) is 14.4 Å². The maximum absolute atomic E-state index is 11.9. The number of benzene rings is 4. The van der Waals surface area contributed by atoms with Gasteiger partial charge in [-0.25, -0.2) is 9.53 Å². The zero-order chi connectivity index (χ0) is 34.8. The van der Waals surface area contributed by atoms with Gasteiger partial charge in [-0.05, 0) is 6.17 Å². The van der Waals surface area contributed by atoms with Crippen LogP contribution >= 0.6 is 0 Å². The van der Waals surface area contributed by atoms with Crippen molar-refractivity contribution in [3.63, 3.8) is 0 Å². The molecule has 11 heteroatoms. The van der Waals surface area contributed by atoms with E-state index in [4.69, 9.17) is 23.4 Å². The first-order valence-corrected chi connectivity index (χ1v) is 19.8. The van der Waals surface area contributed by atoms with Gasteiger partial charge in [-0.3, -0.25) is 26.3 Å². The molecule has 0 spiro atoms. The van der Waals surface area contributed by atoms with E-state index in [0.717, 1.165) is 17.3 Å². The summed E-state index contributed by atoms with van der Waals surface area (Å²) in [4.78, 5) is 44.9. The summed E-state index contributed by atoms with van der Waals surface area (Å²) in [5.74, 6) is 3.39. The fraction of sp³-hybridized carbons (Fsp3) is 0.158. The SMILES string of the molecule is C[Si](C)CN.C[Si](C)CN1C(=O)c2c[c-]ccc2C1=O.O=C1OC(=[OH+])c2cc[c-]cc21.[C-]#Cc1ccccc1.[C-]#Cc1ccccc1.[W+2].[W+2]. The van der Waals surface area contributed by atoms with E-state index in [1.165, 1.54) is 11.0 Å². The minimum atomic E-state index is -0.625. The molecule has 0 saturated carbocycles. The molecule has 4 aromatic carbocycles. The minimum Gasteiger partial charge on any atom is -0.366 e. The number of imide groups is 1. The van der Waals surface area contributed by atoms with Gasteiger partial charge in [0.15, 0.2) is 0 Å². The van der Waals surface area contributed by atoms with Crippen LogP contribution in [0.25, 0.3) is 0 Å². The molecule has 2 heterocycles. The molecule has 0 fully saturated rings. The monoisotopic (exact) mass is 1020 g/mol. The van der Waals surface area contributed by atoms with Crippen LogP contribution in [0.4, 0.5) is 0 Å². The molecule has 2 aliphatic rings. The molecular weight excluding hydrogens is 988 g/mol. The molecule has 6 rings (SSSR count). The van der Waals surface area contributed by atoms with Crippen molar-refractivity contribution in [1.29, 1.82) is 0 Å². The molecule has 0 aliphatic carbocycles. The second kappa shape index (κ2) is 24.2. The molecule has 2 radical (unpaired) electrons. The quantitative estimate of drug-likeness (QED) is 0.0566. The summed E-state index contributed by atoms with van der Waals surface area (Å²) in [6, 6.07) is 33.9. The Balaban J connectivity index is 0.000000608. The number of nitrogens with zero attached hydrogens (tertiary/aromatic N) is 1. The second-order valence-corrected chi connectivity index (χ2v) is 16.0. The third-order valence-corrected chi connectivity index (χ3v) is 7.80. The number of cyclic esters (lactones) is 2. The standard InChI is InChI=1S/C11H11NO2Si.C8H3O3.2C8H5.C3H10NSi.2W/c1-15(2)7-12-10(13)8-5-3-4-6-9(8)11(12)14;9-7-5-3-1-2-4-6(5)8(10)11-7;2*1-2-8-6-4-3-5-7-8;1-5(2)3-4;;/h3,5-6H,7H2,1-2H3;1,3-4H;2*3-7H;3-4H2,1-2H3;;/q4*-1;;2*+2/p+1. The first-order valence-electron chi connectivity index (χ1n) is 14.4. The van der Waals surface area contributed by atoms with Crippen LogP contribution < -0.4 is 5.73 Å². The van der Waals surface area contributed by atoms with Gasteiger partial charge in [0, 0.05) is 17.3 Å². The van der Waals surface area contributed by atoms with E-state index in [1.807, 2.05) is 60.7 Å². The maximum atomic E-state index is 11.9. The van der Waals surface area contributed by atoms with Gasteiger partial charge in [0.25, 0.3) is 0 Å². The number of carbonyl (C=O) groups is 3. The van der Waals surface area contributed by atoms with Gasteiger partial charge in [-0.2, -0.15) is 42.5 Å². The molecule has 0 unspecified atom stereocenters. The van der Waals surface area contributed by atoms with Crippen LogP contribution in [0.2, 0.25) is 26.2 Å². The number of esters is 2. The molecule has 0 atom stereocenters. The Bertz CT molecular complexity index is 1620. The minimum absolute atomic E-state index is 0. The molecule has 0 aromatic heterocycles. The van der Waals surface area contributed by atoms with Gasteiger partial charge in [0.2, 0.25) is 11.8 Å². The van der Waals surface area contributed by atoms with Crippen LogP contribution in [0.3, 0.4) is 0 Å². The van der Waals surface area contributed by atoms with Crippen molar-refractivity contribution >= 4 is 41.3 Å². The van der Waals surface area contributed by atoms with E-state index < -0.39 is 14.8 Å². The van der Waals surface area contributed by atoms with Crippen molar-refractivity contribution in [2.75, 3.05) is 12.3 Å². The van der Waals surface area contributed by atoms with Crippen molar-refractivity contribution in [3.8, 4) is 11.8 Å². The number of ether oxygens (including phenoxy) is 1. The summed E-state index contributed by atoms with van der Waals surface area (Å²) in [5, 5.41) is 0. The second-order valence-electron chi connectivity index (χ2n) is 10.4. The van der Waals surface area contributed by atoms with Crippen molar-refractivity contribution in [3.05, 3.63) is 155 Å². The van der Waals surface area contributed by atoms with Crippen molar-refractivity contribution < 1.29 is 66.0 Å². The Hall–Kier alpha value is -3.95. The third kappa shape index (κ3) is 15.0. The number of nitrogens with two attached hydrogens (primary N) is 1. The normalized spacial score (nSPS) is 11.4. The number of carbonyl (C=O) groups excluding carboxylic acids is 4. The number of rotatable bonds is 3. The van der Waals surface area contributed by atoms with E-state index in [2.05, 4.69) is 54.9 Å². The third-order valence-electron chi connectivity index (χ3n) is 6.04. The zero-order valence-electron chi connectivity index (χ0n) is 27.6. The fourth-order valence-electron chi connectivity index (χ4n) is 3.66. The average Bonchev–Trinajstić information content (AvgIpc) is 3.53. The molecule has 49 heavy (non-hydrogen) atoms. The maximum Gasteiger partial charge on any atom is 2.00 e. The molecule has 0 bridgehead atoms. The molecule has 3 N–H and O–H groups in total. The summed E-state index contributed by atoms with van der Waals surface area (Å²) < 4.78 is 4.44. The summed E-state index contributed by atoms with van der Waals surface area (Å²) in [6.07, 6.45) is 14.9. The van der Waals surface area contributed by atoms with Crippen LogP contribution in [-0.4, -0.2) is 63.4 Å². The van der Waals surface area contributed by atoms with Crippen LogP contribution in [0, 0.1) is 36.8 Å². The van der Waals surface area contributed by atoms with E-state index in [0.29, 0.717) is 28.4 Å². The Morgan fingerprint density at radius 1 is 0.714 bits per heavy atom. The first-order chi connectivity index (χ1) is 22.5. The van der Waals surface area contributed by atoms with Crippen LogP contribution in [-0.2, 0) is 46.9 Å². The van der Waals surface area contributed by atoms with E-state index >= 15 is 0 Å². The molecule has 4 aromatic rings. The van der Waals surface area contributed by atoms with Crippen LogP contribution in [0.1, 0.15) is 47.8 Å². The summed E-state index contributed by atoms with van der Waals surface area (Å²) in [7, 11) is -0.722. The molecule has 0 saturated heterocycles. The number of hydrogen-bond acceptors (Lipinski definition) is 5. The largest absolute Gasteiger partial charge is 2.00 e. The van der Waals surface area contributed by atoms with Gasteiger partial charge in [-0.1, -0.05) is 73.7 Å². The Kier molecular flexibility index (Phi) is 22.3. The van der Waals surface area contributed by atoms with Crippen molar-refractivity contribution in [2.24, 2.45) is 5.73 Å². The van der Waals surface area contributed by atoms with E-state index in [1.54, 1.807) is 30.3 Å². The molecule has 246 valence electrons. The predicted octanol–water partition coefficient (Wildman–Crippen LogP) is 5.37. The fourth-order valence-corrected chi connectivity index (χ4v) is 4.58. The van der Waals surface area contributed by atoms with Crippen LogP contribution in [0.5, 0.6) is 0 Å². The number of amides is 2. The predicted molar refractivity (Wildman–Crippen MR) is 187 cm³/mol. The Labute approximate surface area is 321 Å². The Morgan fingerprint density at radius 3 is 1.51 bits per heavy atom. The topological polar surface area (TPSA) is 111 Å². The van der Waals surface area contributed by atoms with Gasteiger partial charge < -0.3 is 23.4 Å². The molecule has 7 nitrogen and oxygen atoms in total. The Morgan fingerprint density at radius 2 is 1.14 bits per heavy atom. The van der Waals surface area contributed by atoms with Gasteiger partial charge in [-0.15, -0.1) is 41.5 Å². The smallest absolute Gasteiger partial charge is 0.366 e. The van der Waals surface area contributed by atoms with Gasteiger partial charge in [0.05, 0.1) is 17.6 Å². The zero-order valence-corrected chi connectivity index (χ0v) is 35.4. The molecular formula is C38H35N2O5Si2W2+. The van der Waals surface area contributed by atoms with Crippen molar-refractivity contribution in [1.82, 2.24) is 4.90 Å². The summed E-state index contributed by atoms with van der Waals surface area (Å²) >= 11 is 0. The first kappa shape index (κ1) is 45.1. The van der Waals surface area contributed by atoms with Crippen molar-refractivity contribution in [2.45, 2.75) is 26.2 Å². The van der Waals surface area contributed by atoms with Crippen LogP contribution in [0.15, 0.2) is 97.1 Å². The molecule has 2 aliphatic heterocycles. The van der Waals surface area contributed by atoms with E-state index in [-0.39, 0.29) is 68.7 Å². The number of fused-ring (bicyclic) bond motifs is 2. The summed E-state index contributed by atoms with van der Waals surface area (Å²) in [6.45, 7) is 8.57. The average molecular weight is 1020 g/mol. The number of hydrogen-bond donors (Lipinski definition) is 1.